The SMILES string of the molecule is CCN(CCOCCOCCOCCOCCO)c1cccc(C)c1.CCNc1cccc(C)c1.ClCBr. The Balaban J connectivity index is 0.000000865. The summed E-state index contributed by atoms with van der Waals surface area (Å²) in [6.07, 6.45) is 0. The van der Waals surface area contributed by atoms with Crippen LogP contribution in [-0.2, 0) is 18.9 Å². The minimum Gasteiger partial charge on any atom is -0.394 e. The molecule has 0 amide bonds. The second-order valence-electron chi connectivity index (χ2n) is 8.09. The third-order valence-electron chi connectivity index (χ3n) is 5.00. The van der Waals surface area contributed by atoms with E-state index in [9.17, 15) is 0 Å². The van der Waals surface area contributed by atoms with Crippen LogP contribution < -0.4 is 10.2 Å². The molecule has 2 aromatic rings. The lowest BCUT2D eigenvalue weighted by atomic mass is 10.2. The van der Waals surface area contributed by atoms with Gasteiger partial charge in [-0.05, 0) is 63.1 Å². The van der Waals surface area contributed by atoms with Crippen LogP contribution in [0.3, 0.4) is 0 Å². The maximum Gasteiger partial charge on any atom is 0.0778 e. The summed E-state index contributed by atoms with van der Waals surface area (Å²) in [7, 11) is 0. The largest absolute Gasteiger partial charge is 0.394 e. The van der Waals surface area contributed by atoms with Gasteiger partial charge in [0, 0.05) is 31.0 Å². The number of hydrogen-bond donors (Lipinski definition) is 2. The van der Waals surface area contributed by atoms with Gasteiger partial charge in [0.25, 0.3) is 0 Å². The van der Waals surface area contributed by atoms with Crippen molar-refractivity contribution in [3.8, 4) is 0 Å². The van der Waals surface area contributed by atoms with E-state index in [1.807, 2.05) is 0 Å². The first kappa shape index (κ1) is 36.6. The summed E-state index contributed by atoms with van der Waals surface area (Å²) in [5, 5.41) is 11.8. The molecule has 0 aliphatic heterocycles. The van der Waals surface area contributed by atoms with Gasteiger partial charge in [-0.15, -0.1) is 11.6 Å². The maximum atomic E-state index is 8.54. The van der Waals surface area contributed by atoms with E-state index < -0.39 is 0 Å². The Kier molecular flexibility index (Phi) is 26.2. The van der Waals surface area contributed by atoms with Gasteiger partial charge in [0.05, 0.1) is 64.3 Å². The first-order valence-electron chi connectivity index (χ1n) is 13.2. The second kappa shape index (κ2) is 27.2. The topological polar surface area (TPSA) is 72.4 Å². The van der Waals surface area contributed by atoms with Crippen LogP contribution in [-0.4, -0.2) is 89.0 Å². The smallest absolute Gasteiger partial charge is 0.0778 e. The Morgan fingerprint density at radius 2 is 1.29 bits per heavy atom. The molecule has 0 radical (unpaired) electrons. The molecule has 2 rings (SSSR count). The number of ether oxygens (including phenoxy) is 4. The minimum absolute atomic E-state index is 0.0458. The summed E-state index contributed by atoms with van der Waals surface area (Å²) in [5.74, 6) is 0. The summed E-state index contributed by atoms with van der Waals surface area (Å²) in [4.78, 5) is 2.84. The van der Waals surface area contributed by atoms with Crippen LogP contribution in [0.4, 0.5) is 11.4 Å². The standard InChI is InChI=1S/C19H33NO5.C9H13N.CH2BrCl/c1-3-20(19-6-4-5-18(2)17-19)7-9-22-11-13-24-15-16-25-14-12-23-10-8-21;1-3-10-9-6-4-5-8(2)7-9;2-1-3/h4-6,17,21H,3,7-16H2,1-2H3;4-7,10H,3H2,1-2H3;1H2. The number of anilines is 2. The van der Waals surface area contributed by atoms with E-state index in [1.165, 1.54) is 22.5 Å². The fourth-order valence-electron chi connectivity index (χ4n) is 3.25. The number of nitrogens with one attached hydrogen (secondary N) is 1. The van der Waals surface area contributed by atoms with Crippen molar-refractivity contribution in [1.29, 1.82) is 0 Å². The molecule has 2 aromatic carbocycles. The Labute approximate surface area is 243 Å². The zero-order valence-corrected chi connectivity index (χ0v) is 25.9. The molecule has 38 heavy (non-hydrogen) atoms. The van der Waals surface area contributed by atoms with Gasteiger partial charge < -0.3 is 34.3 Å². The molecule has 0 aliphatic rings. The van der Waals surface area contributed by atoms with Crippen molar-refractivity contribution in [1.82, 2.24) is 0 Å². The molecule has 218 valence electrons. The van der Waals surface area contributed by atoms with E-state index in [0.717, 1.165) is 19.6 Å². The molecular weight excluding hydrogens is 572 g/mol. The Morgan fingerprint density at radius 3 is 1.76 bits per heavy atom. The normalized spacial score (nSPS) is 10.2. The molecule has 0 unspecified atom stereocenters. The first-order chi connectivity index (χ1) is 18.5. The molecule has 0 bridgehead atoms. The Morgan fingerprint density at radius 1 is 0.789 bits per heavy atom. The highest BCUT2D eigenvalue weighted by molar-refractivity contribution is 9.09. The summed E-state index contributed by atoms with van der Waals surface area (Å²) in [6.45, 7) is 15.6. The lowest BCUT2D eigenvalue weighted by molar-refractivity contribution is -0.00488. The van der Waals surface area contributed by atoms with E-state index >= 15 is 0 Å². The van der Waals surface area contributed by atoms with Crippen LogP contribution in [0, 0.1) is 13.8 Å². The predicted molar refractivity (Wildman–Crippen MR) is 164 cm³/mol. The van der Waals surface area contributed by atoms with Crippen molar-refractivity contribution in [2.75, 3.05) is 94.1 Å². The molecule has 0 atom stereocenters. The van der Waals surface area contributed by atoms with Gasteiger partial charge in [0.1, 0.15) is 0 Å². The van der Waals surface area contributed by atoms with Crippen molar-refractivity contribution in [3.63, 3.8) is 0 Å². The molecule has 2 N–H and O–H groups in total. The Hall–Kier alpha value is -1.39. The van der Waals surface area contributed by atoms with Crippen LogP contribution in [0.25, 0.3) is 0 Å². The number of alkyl halides is 2. The van der Waals surface area contributed by atoms with Gasteiger partial charge in [0.15, 0.2) is 0 Å². The van der Waals surface area contributed by atoms with Gasteiger partial charge >= 0.3 is 0 Å². The van der Waals surface area contributed by atoms with Crippen molar-refractivity contribution in [3.05, 3.63) is 59.7 Å². The monoisotopic (exact) mass is 618 g/mol. The van der Waals surface area contributed by atoms with Crippen LogP contribution in [0.5, 0.6) is 0 Å². The first-order valence-corrected chi connectivity index (χ1v) is 14.8. The molecule has 0 fully saturated rings. The number of nitrogens with zero attached hydrogens (tertiary/aromatic N) is 1. The maximum absolute atomic E-state index is 8.54. The molecule has 0 aromatic heterocycles. The zero-order chi connectivity index (χ0) is 28.3. The van der Waals surface area contributed by atoms with Crippen LogP contribution in [0.1, 0.15) is 25.0 Å². The fourth-order valence-corrected chi connectivity index (χ4v) is 3.25. The third kappa shape index (κ3) is 21.5. The number of rotatable bonds is 18. The van der Waals surface area contributed by atoms with Gasteiger partial charge in [-0.2, -0.15) is 0 Å². The zero-order valence-electron chi connectivity index (χ0n) is 23.6. The number of benzene rings is 2. The predicted octanol–water partition coefficient (Wildman–Crippen LogP) is 5.88. The number of aliphatic hydroxyl groups excluding tert-OH is 1. The van der Waals surface area contributed by atoms with E-state index in [4.69, 9.17) is 35.7 Å². The summed E-state index contributed by atoms with van der Waals surface area (Å²) in [5.41, 5.74) is 5.02. The molecule has 0 spiro atoms. The van der Waals surface area contributed by atoms with E-state index in [0.29, 0.717) is 57.6 Å². The fraction of sp³-hybridized carbons (Fsp3) is 0.586. The lowest BCUT2D eigenvalue weighted by Crippen LogP contribution is -2.27. The molecule has 0 saturated heterocycles. The average Bonchev–Trinajstić information content (AvgIpc) is 2.90. The molecular formula is C29H48BrClN2O5. The lowest BCUT2D eigenvalue weighted by Gasteiger charge is -2.23. The van der Waals surface area contributed by atoms with Gasteiger partial charge in [-0.3, -0.25) is 0 Å². The second-order valence-corrected chi connectivity index (χ2v) is 9.57. The number of halogens is 2. The average molecular weight is 620 g/mol. The van der Waals surface area contributed by atoms with Gasteiger partial charge in [-0.1, -0.05) is 40.2 Å². The van der Waals surface area contributed by atoms with E-state index in [1.54, 1.807) is 0 Å². The summed E-state index contributed by atoms with van der Waals surface area (Å²) < 4.78 is 21.5. The number of likely N-dealkylation sites (N-methyl/N-ethyl adjacent to an activating group) is 1. The van der Waals surface area contributed by atoms with Gasteiger partial charge in [0.2, 0.25) is 0 Å². The molecule has 0 aliphatic carbocycles. The molecule has 9 heteroatoms. The number of aryl methyl sites for hydroxylation is 2. The van der Waals surface area contributed by atoms with Crippen molar-refractivity contribution in [2.45, 2.75) is 27.7 Å². The molecule has 0 saturated carbocycles. The summed E-state index contributed by atoms with van der Waals surface area (Å²) >= 11 is 7.83. The van der Waals surface area contributed by atoms with Crippen LogP contribution in [0.15, 0.2) is 48.5 Å². The van der Waals surface area contributed by atoms with E-state index in [2.05, 4.69) is 102 Å². The minimum atomic E-state index is 0.0458. The van der Waals surface area contributed by atoms with Gasteiger partial charge in [-0.25, -0.2) is 0 Å². The van der Waals surface area contributed by atoms with Crippen molar-refractivity contribution < 1.29 is 24.1 Å². The third-order valence-corrected chi connectivity index (χ3v) is 5.00. The molecule has 7 nitrogen and oxygen atoms in total. The quantitative estimate of drug-likeness (QED) is 0.159. The highest BCUT2D eigenvalue weighted by Crippen LogP contribution is 2.15. The van der Waals surface area contributed by atoms with Crippen molar-refractivity contribution >= 4 is 38.9 Å². The van der Waals surface area contributed by atoms with E-state index in [-0.39, 0.29) is 6.61 Å². The Bertz CT molecular complexity index is 788. The number of aliphatic hydroxyl groups is 1. The highest BCUT2D eigenvalue weighted by Gasteiger charge is 2.04. The highest BCUT2D eigenvalue weighted by atomic mass is 79.9. The van der Waals surface area contributed by atoms with Crippen molar-refractivity contribution in [2.24, 2.45) is 0 Å². The van der Waals surface area contributed by atoms with Crippen LogP contribution in [0.2, 0.25) is 0 Å². The molecule has 0 heterocycles. The van der Waals surface area contributed by atoms with Crippen LogP contribution >= 0.6 is 27.5 Å². The number of hydrogen-bond acceptors (Lipinski definition) is 7. The summed E-state index contributed by atoms with van der Waals surface area (Å²) in [6, 6.07) is 16.9.